The maximum Gasteiger partial charge on any atom is 0.326 e. The highest BCUT2D eigenvalue weighted by molar-refractivity contribution is 7.98. The highest BCUT2D eigenvalue weighted by Crippen LogP contribution is 2.19. The van der Waals surface area contributed by atoms with E-state index in [1.54, 1.807) is 26.1 Å². The number of hydrogen-bond acceptors (Lipinski definition) is 9. The van der Waals surface area contributed by atoms with E-state index in [0.717, 1.165) is 10.9 Å². The van der Waals surface area contributed by atoms with Crippen LogP contribution in [0.2, 0.25) is 0 Å². The van der Waals surface area contributed by atoms with Gasteiger partial charge < -0.3 is 47.9 Å². The number of aromatic nitrogens is 1. The summed E-state index contributed by atoms with van der Waals surface area (Å²) in [6, 6.07) is 0.174. The van der Waals surface area contributed by atoms with Gasteiger partial charge in [-0.15, -0.1) is 0 Å². The van der Waals surface area contributed by atoms with E-state index in [-0.39, 0.29) is 18.8 Å². The van der Waals surface area contributed by atoms with Gasteiger partial charge in [0.1, 0.15) is 24.2 Å². The molecule has 0 aliphatic carbocycles. The summed E-state index contributed by atoms with van der Waals surface area (Å²) in [6.07, 6.45) is 2.13. The van der Waals surface area contributed by atoms with Gasteiger partial charge in [0.15, 0.2) is 0 Å². The Labute approximate surface area is 275 Å². The number of H-pyrrole nitrogens is 1. The number of carboxylic acids is 2. The lowest BCUT2D eigenvalue weighted by molar-refractivity contribution is -0.144. The number of thioether (sulfide) groups is 1. The standard InChI is InChI=1S/C30H43N7O9S/c1-15(2)10-23(30(45)46)37-28(43)21(12-24(32)38)35-29(44)22(13-25(39)40)36-27(42)20(34-26(41)18(31)8-9-47-3)11-16-14-33-19-7-5-4-6-17(16)19/h4-7,14-15,18,20-23,33H,8-13,31H2,1-3H3,(H2,32,38)(H,34,41)(H,35,44)(H,36,42)(H,37,43)(H,39,40)(H,45,46)/t18-,20-,21-,22-,23-/m0/s1. The molecule has 258 valence electrons. The van der Waals surface area contributed by atoms with E-state index < -0.39 is 84.5 Å². The molecule has 17 heteroatoms. The Morgan fingerprint density at radius 3 is 1.94 bits per heavy atom. The third kappa shape index (κ3) is 12.6. The Morgan fingerprint density at radius 2 is 1.38 bits per heavy atom. The number of benzene rings is 1. The van der Waals surface area contributed by atoms with Gasteiger partial charge in [-0.05, 0) is 42.4 Å². The van der Waals surface area contributed by atoms with E-state index in [1.807, 2.05) is 24.5 Å². The van der Waals surface area contributed by atoms with Crippen molar-refractivity contribution in [3.05, 3.63) is 36.0 Å². The Hall–Kier alpha value is -4.64. The van der Waals surface area contributed by atoms with Gasteiger partial charge in [-0.25, -0.2) is 4.79 Å². The van der Waals surface area contributed by atoms with Gasteiger partial charge in [0.2, 0.25) is 29.5 Å². The number of aromatic amines is 1. The third-order valence-electron chi connectivity index (χ3n) is 7.07. The molecule has 0 saturated heterocycles. The van der Waals surface area contributed by atoms with Crippen LogP contribution in [0.15, 0.2) is 30.5 Å². The fourth-order valence-electron chi connectivity index (χ4n) is 4.69. The van der Waals surface area contributed by atoms with Crippen LogP contribution in [-0.2, 0) is 40.0 Å². The van der Waals surface area contributed by atoms with Gasteiger partial charge in [-0.2, -0.15) is 11.8 Å². The van der Waals surface area contributed by atoms with Crippen molar-refractivity contribution in [2.24, 2.45) is 17.4 Å². The highest BCUT2D eigenvalue weighted by Gasteiger charge is 2.34. The number of carbonyl (C=O) groups is 7. The minimum Gasteiger partial charge on any atom is -0.481 e. The molecule has 0 saturated carbocycles. The van der Waals surface area contributed by atoms with Gasteiger partial charge in [0, 0.05) is 23.5 Å². The molecule has 1 heterocycles. The summed E-state index contributed by atoms with van der Waals surface area (Å²) in [5.74, 6) is -7.15. The van der Waals surface area contributed by atoms with Gasteiger partial charge in [0.25, 0.3) is 0 Å². The number of nitrogens with one attached hydrogen (secondary N) is 5. The van der Waals surface area contributed by atoms with Crippen LogP contribution in [0.3, 0.4) is 0 Å². The first-order chi connectivity index (χ1) is 22.1. The largest absolute Gasteiger partial charge is 0.481 e. The number of carbonyl (C=O) groups excluding carboxylic acids is 5. The predicted molar refractivity (Wildman–Crippen MR) is 174 cm³/mol. The molecule has 0 aliphatic rings. The average Bonchev–Trinajstić information content (AvgIpc) is 3.40. The fraction of sp³-hybridized carbons (Fsp3) is 0.500. The lowest BCUT2D eigenvalue weighted by Gasteiger charge is -2.26. The van der Waals surface area contributed by atoms with Gasteiger partial charge in [-0.1, -0.05) is 32.0 Å². The minimum absolute atomic E-state index is 0.0421. The molecule has 2 rings (SSSR count). The Morgan fingerprint density at radius 1 is 0.830 bits per heavy atom. The number of carboxylic acid groups (broad SMARTS) is 2. The van der Waals surface area contributed by atoms with E-state index in [0.29, 0.717) is 17.7 Å². The Bertz CT molecular complexity index is 1450. The van der Waals surface area contributed by atoms with Gasteiger partial charge in [-0.3, -0.25) is 28.8 Å². The number of fused-ring (bicyclic) bond motifs is 1. The van der Waals surface area contributed by atoms with E-state index in [4.69, 9.17) is 11.5 Å². The van der Waals surface area contributed by atoms with E-state index in [1.165, 1.54) is 11.8 Å². The van der Waals surface area contributed by atoms with Crippen molar-refractivity contribution < 1.29 is 43.8 Å². The van der Waals surface area contributed by atoms with Crippen LogP contribution in [0.4, 0.5) is 0 Å². The topological polar surface area (TPSA) is 276 Å². The first-order valence-corrected chi connectivity index (χ1v) is 16.3. The predicted octanol–water partition coefficient (Wildman–Crippen LogP) is -0.789. The number of nitrogens with two attached hydrogens (primary N) is 2. The lowest BCUT2D eigenvalue weighted by atomic mass is 10.0. The lowest BCUT2D eigenvalue weighted by Crippen LogP contribution is -2.59. The molecule has 1 aromatic carbocycles. The number of primary amides is 1. The normalized spacial score (nSPS) is 14.3. The van der Waals surface area contributed by atoms with E-state index in [9.17, 15) is 43.8 Å². The van der Waals surface area contributed by atoms with Crippen LogP contribution < -0.4 is 32.7 Å². The molecule has 16 nitrogen and oxygen atoms in total. The molecule has 0 spiro atoms. The summed E-state index contributed by atoms with van der Waals surface area (Å²) in [5.41, 5.74) is 12.7. The van der Waals surface area contributed by atoms with Crippen molar-refractivity contribution in [3.63, 3.8) is 0 Å². The number of hydrogen-bond donors (Lipinski definition) is 9. The van der Waals surface area contributed by atoms with Crippen LogP contribution in [0.5, 0.6) is 0 Å². The summed E-state index contributed by atoms with van der Waals surface area (Å²) in [4.78, 5) is 91.0. The summed E-state index contributed by atoms with van der Waals surface area (Å²) in [5, 5.41) is 29.2. The summed E-state index contributed by atoms with van der Waals surface area (Å²) in [6.45, 7) is 3.46. The van der Waals surface area contributed by atoms with Crippen molar-refractivity contribution in [3.8, 4) is 0 Å². The van der Waals surface area contributed by atoms with Crippen LogP contribution >= 0.6 is 11.8 Å². The molecular formula is C30H43N7O9S. The molecule has 0 bridgehead atoms. The average molecular weight is 678 g/mol. The van der Waals surface area contributed by atoms with Crippen molar-refractivity contribution in [2.45, 2.75) is 76.2 Å². The summed E-state index contributed by atoms with van der Waals surface area (Å²) in [7, 11) is 0. The zero-order valence-corrected chi connectivity index (χ0v) is 27.2. The molecule has 2 aromatic rings. The van der Waals surface area contributed by atoms with E-state index in [2.05, 4.69) is 26.3 Å². The second-order valence-electron chi connectivity index (χ2n) is 11.4. The number of amides is 5. The molecule has 0 unspecified atom stereocenters. The Balaban J connectivity index is 2.33. The van der Waals surface area contributed by atoms with Crippen molar-refractivity contribution in [2.75, 3.05) is 12.0 Å². The molecule has 1 aromatic heterocycles. The van der Waals surface area contributed by atoms with E-state index >= 15 is 0 Å². The van der Waals surface area contributed by atoms with Gasteiger partial charge >= 0.3 is 11.9 Å². The molecule has 47 heavy (non-hydrogen) atoms. The van der Waals surface area contributed by atoms with Gasteiger partial charge in [0.05, 0.1) is 18.9 Å². The number of aliphatic carboxylic acids is 2. The quantitative estimate of drug-likeness (QED) is 0.0837. The van der Waals surface area contributed by atoms with Crippen molar-refractivity contribution in [1.29, 1.82) is 0 Å². The SMILES string of the molecule is CSCC[C@H](N)C(=O)N[C@@H](Cc1c[nH]c2ccccc12)C(=O)N[C@@H](CC(=O)O)C(=O)N[C@@H](CC(N)=O)C(=O)N[C@@H](CC(C)C)C(=O)O. The van der Waals surface area contributed by atoms with Crippen LogP contribution in [0, 0.1) is 5.92 Å². The maximum absolute atomic E-state index is 13.6. The fourth-order valence-corrected chi connectivity index (χ4v) is 5.18. The molecule has 5 atom stereocenters. The summed E-state index contributed by atoms with van der Waals surface area (Å²) >= 11 is 1.48. The Kier molecular flexibility index (Phi) is 15.2. The summed E-state index contributed by atoms with van der Waals surface area (Å²) < 4.78 is 0. The number of para-hydroxylation sites is 1. The third-order valence-corrected chi connectivity index (χ3v) is 7.72. The van der Waals surface area contributed by atoms with Crippen molar-refractivity contribution in [1.82, 2.24) is 26.3 Å². The van der Waals surface area contributed by atoms with Crippen LogP contribution in [0.25, 0.3) is 10.9 Å². The zero-order chi connectivity index (χ0) is 35.3. The van der Waals surface area contributed by atoms with Crippen molar-refractivity contribution >= 4 is 64.1 Å². The monoisotopic (exact) mass is 677 g/mol. The molecule has 5 amide bonds. The zero-order valence-electron chi connectivity index (χ0n) is 26.4. The molecule has 0 radical (unpaired) electrons. The first-order valence-electron chi connectivity index (χ1n) is 14.9. The molecule has 11 N–H and O–H groups in total. The number of rotatable bonds is 20. The first kappa shape index (κ1) is 38.5. The smallest absolute Gasteiger partial charge is 0.326 e. The molecular weight excluding hydrogens is 634 g/mol. The second kappa shape index (κ2) is 18.5. The molecule has 0 fully saturated rings. The van der Waals surface area contributed by atoms with Crippen LogP contribution in [-0.4, -0.2) is 98.9 Å². The highest BCUT2D eigenvalue weighted by atomic mass is 32.2. The second-order valence-corrected chi connectivity index (χ2v) is 12.4. The van der Waals surface area contributed by atoms with Crippen LogP contribution in [0.1, 0.15) is 45.1 Å². The minimum atomic E-state index is -1.78. The molecule has 0 aliphatic heterocycles. The maximum atomic E-state index is 13.6.